The Kier molecular flexibility index (Phi) is 9.53. The number of hydrogen-bond donors (Lipinski definition) is 2. The Morgan fingerprint density at radius 2 is 2.04 bits per heavy atom. The summed E-state index contributed by atoms with van der Waals surface area (Å²) in [5, 5.41) is 15.9. The second kappa shape index (κ2) is 9.97. The van der Waals surface area contributed by atoms with Crippen molar-refractivity contribution in [3.63, 3.8) is 0 Å². The molecule has 0 aliphatic rings. The summed E-state index contributed by atoms with van der Waals surface area (Å²) >= 11 is 5.80. The van der Waals surface area contributed by atoms with Gasteiger partial charge in [0.1, 0.15) is 12.7 Å². The monoisotopic (exact) mass is 374 g/mol. The molecule has 0 heterocycles. The highest BCUT2D eigenvalue weighted by Crippen LogP contribution is 2.29. The number of alkyl halides is 3. The molecule has 1 unspecified atom stereocenters. The van der Waals surface area contributed by atoms with E-state index in [9.17, 15) is 18.3 Å². The van der Waals surface area contributed by atoms with Gasteiger partial charge < -0.3 is 15.3 Å². The number of halogens is 5. The molecular formula is C14H19Cl2F3N2O2. The number of aliphatic hydroxyl groups excluding tert-OH is 1. The summed E-state index contributed by atoms with van der Waals surface area (Å²) in [5.41, 5.74) is -0.731. The minimum absolute atomic E-state index is 0. The molecule has 0 radical (unpaired) electrons. The highest BCUT2D eigenvalue weighted by Gasteiger charge is 2.30. The lowest BCUT2D eigenvalue weighted by atomic mass is 10.1. The van der Waals surface area contributed by atoms with Crippen LogP contribution in [0.2, 0.25) is 0 Å². The number of nitrogens with one attached hydrogen (secondary N) is 1. The third-order valence-corrected chi connectivity index (χ3v) is 2.89. The van der Waals surface area contributed by atoms with Crippen LogP contribution in [0.3, 0.4) is 0 Å². The van der Waals surface area contributed by atoms with Crippen molar-refractivity contribution in [2.75, 3.05) is 13.2 Å². The van der Waals surface area contributed by atoms with Crippen LogP contribution in [0.25, 0.3) is 0 Å². The molecule has 0 bridgehead atoms. The molecule has 2 N–H and O–H groups in total. The van der Waals surface area contributed by atoms with Crippen LogP contribution < -0.4 is 5.32 Å². The molecule has 0 aromatic heterocycles. The van der Waals surface area contributed by atoms with Crippen LogP contribution in [0.1, 0.15) is 25.0 Å². The van der Waals surface area contributed by atoms with E-state index in [0.29, 0.717) is 6.54 Å². The summed E-state index contributed by atoms with van der Waals surface area (Å²) in [4.78, 5) is 4.85. The van der Waals surface area contributed by atoms with Crippen LogP contribution in [-0.4, -0.2) is 35.6 Å². The minimum atomic E-state index is -4.45. The SMILES string of the molecule is CC(C)NCC(O)CO/N=C(\Cl)c1cccc(C(F)(F)F)c1.Cl. The molecule has 0 saturated carbocycles. The Bertz CT molecular complexity index is 511. The van der Waals surface area contributed by atoms with E-state index in [0.717, 1.165) is 12.1 Å². The topological polar surface area (TPSA) is 53.8 Å². The van der Waals surface area contributed by atoms with Crippen molar-refractivity contribution < 1.29 is 23.1 Å². The lowest BCUT2D eigenvalue weighted by molar-refractivity contribution is -0.137. The fourth-order valence-electron chi connectivity index (χ4n) is 1.49. The van der Waals surface area contributed by atoms with Crippen molar-refractivity contribution in [3.8, 4) is 0 Å². The molecule has 0 spiro atoms. The summed E-state index contributed by atoms with van der Waals surface area (Å²) in [5.74, 6) is 0. The summed E-state index contributed by atoms with van der Waals surface area (Å²) in [6.45, 7) is 4.05. The molecule has 0 aliphatic carbocycles. The normalized spacial score (nSPS) is 13.7. The molecule has 1 rings (SSSR count). The van der Waals surface area contributed by atoms with Crippen molar-refractivity contribution in [2.45, 2.75) is 32.2 Å². The zero-order chi connectivity index (χ0) is 16.8. The predicted molar refractivity (Wildman–Crippen MR) is 86.2 cm³/mol. The predicted octanol–water partition coefficient (Wildman–Crippen LogP) is 3.40. The van der Waals surface area contributed by atoms with Crippen LogP contribution in [0.15, 0.2) is 29.4 Å². The van der Waals surface area contributed by atoms with Gasteiger partial charge in [0.15, 0.2) is 5.17 Å². The molecule has 9 heteroatoms. The average molecular weight is 375 g/mol. The van der Waals surface area contributed by atoms with Gasteiger partial charge in [0, 0.05) is 18.2 Å². The lowest BCUT2D eigenvalue weighted by Gasteiger charge is -2.13. The van der Waals surface area contributed by atoms with E-state index >= 15 is 0 Å². The second-order valence-corrected chi connectivity index (χ2v) is 5.33. The number of benzene rings is 1. The standard InChI is InChI=1S/C14H18ClF3N2O2.ClH/c1-9(2)19-7-12(21)8-22-20-13(15)10-4-3-5-11(6-10)14(16,17)18;/h3-6,9,12,19,21H,7-8H2,1-2H3;1H/b20-13-;. The van der Waals surface area contributed by atoms with Crippen molar-refractivity contribution in [1.82, 2.24) is 5.32 Å². The quantitative estimate of drug-likeness (QED) is 0.567. The molecule has 1 atom stereocenters. The molecule has 0 amide bonds. The first-order chi connectivity index (χ1) is 10.2. The Morgan fingerprint density at radius 3 is 2.61 bits per heavy atom. The minimum Gasteiger partial charge on any atom is -0.392 e. The highest BCUT2D eigenvalue weighted by atomic mass is 35.5. The van der Waals surface area contributed by atoms with E-state index in [2.05, 4.69) is 10.5 Å². The van der Waals surface area contributed by atoms with Gasteiger partial charge in [-0.05, 0) is 12.1 Å². The van der Waals surface area contributed by atoms with Crippen LogP contribution in [0.4, 0.5) is 13.2 Å². The van der Waals surface area contributed by atoms with Gasteiger partial charge in [-0.1, -0.05) is 42.7 Å². The molecule has 0 fully saturated rings. The summed E-state index contributed by atoms with van der Waals surface area (Å²) < 4.78 is 37.8. The van der Waals surface area contributed by atoms with Gasteiger partial charge in [0.05, 0.1) is 5.56 Å². The molecule has 132 valence electrons. The molecule has 1 aromatic carbocycles. The van der Waals surface area contributed by atoms with Gasteiger partial charge in [0.25, 0.3) is 0 Å². The Balaban J connectivity index is 0.00000484. The van der Waals surface area contributed by atoms with E-state index in [1.165, 1.54) is 12.1 Å². The van der Waals surface area contributed by atoms with Crippen LogP contribution >= 0.6 is 24.0 Å². The number of hydrogen-bond acceptors (Lipinski definition) is 4. The number of aliphatic hydroxyl groups is 1. The zero-order valence-electron chi connectivity index (χ0n) is 12.6. The molecule has 1 aromatic rings. The largest absolute Gasteiger partial charge is 0.416 e. The van der Waals surface area contributed by atoms with E-state index in [-0.39, 0.29) is 35.8 Å². The van der Waals surface area contributed by atoms with Gasteiger partial charge in [-0.15, -0.1) is 12.4 Å². The lowest BCUT2D eigenvalue weighted by Crippen LogP contribution is -2.34. The van der Waals surface area contributed by atoms with Crippen molar-refractivity contribution in [1.29, 1.82) is 0 Å². The smallest absolute Gasteiger partial charge is 0.392 e. The van der Waals surface area contributed by atoms with Crippen molar-refractivity contribution in [3.05, 3.63) is 35.4 Å². The maximum absolute atomic E-state index is 12.6. The zero-order valence-corrected chi connectivity index (χ0v) is 14.2. The van der Waals surface area contributed by atoms with Crippen LogP contribution in [0, 0.1) is 0 Å². The maximum atomic E-state index is 12.6. The number of rotatable bonds is 7. The highest BCUT2D eigenvalue weighted by molar-refractivity contribution is 6.69. The van der Waals surface area contributed by atoms with E-state index < -0.39 is 17.8 Å². The Hall–Kier alpha value is -1.02. The Morgan fingerprint density at radius 1 is 1.39 bits per heavy atom. The second-order valence-electron chi connectivity index (χ2n) is 4.97. The number of nitrogens with zero attached hydrogens (tertiary/aromatic N) is 1. The fourth-order valence-corrected chi connectivity index (χ4v) is 1.65. The Labute approximate surface area is 144 Å². The van der Waals surface area contributed by atoms with E-state index in [1.807, 2.05) is 13.8 Å². The van der Waals surface area contributed by atoms with Crippen LogP contribution in [0.5, 0.6) is 0 Å². The third kappa shape index (κ3) is 8.41. The van der Waals surface area contributed by atoms with Gasteiger partial charge in [-0.3, -0.25) is 0 Å². The summed E-state index contributed by atoms with van der Waals surface area (Å²) in [7, 11) is 0. The van der Waals surface area contributed by atoms with Gasteiger partial charge in [-0.25, -0.2) is 0 Å². The molecule has 23 heavy (non-hydrogen) atoms. The van der Waals surface area contributed by atoms with Gasteiger partial charge >= 0.3 is 6.18 Å². The summed E-state index contributed by atoms with van der Waals surface area (Å²) in [6, 6.07) is 4.66. The van der Waals surface area contributed by atoms with Crippen LogP contribution in [-0.2, 0) is 11.0 Å². The number of oxime groups is 1. The van der Waals surface area contributed by atoms with E-state index in [1.54, 1.807) is 0 Å². The third-order valence-electron chi connectivity index (χ3n) is 2.60. The first-order valence-corrected chi connectivity index (χ1v) is 7.02. The van der Waals surface area contributed by atoms with Gasteiger partial charge in [-0.2, -0.15) is 13.2 Å². The fraction of sp³-hybridized carbons (Fsp3) is 0.500. The summed E-state index contributed by atoms with van der Waals surface area (Å²) in [6.07, 6.45) is -5.25. The molecule has 0 saturated heterocycles. The van der Waals surface area contributed by atoms with E-state index in [4.69, 9.17) is 16.4 Å². The maximum Gasteiger partial charge on any atom is 0.416 e. The van der Waals surface area contributed by atoms with Crippen molar-refractivity contribution in [2.24, 2.45) is 5.16 Å². The average Bonchev–Trinajstić information content (AvgIpc) is 2.44. The first kappa shape index (κ1) is 22.0. The molecule has 4 nitrogen and oxygen atoms in total. The van der Waals surface area contributed by atoms with Gasteiger partial charge in [0.2, 0.25) is 0 Å². The van der Waals surface area contributed by atoms with Crippen molar-refractivity contribution >= 4 is 29.2 Å². The first-order valence-electron chi connectivity index (χ1n) is 6.64. The molecule has 0 aliphatic heterocycles. The molecular weight excluding hydrogens is 356 g/mol.